The van der Waals surface area contributed by atoms with Crippen molar-refractivity contribution in [3.05, 3.63) is 28.2 Å². The second-order valence-corrected chi connectivity index (χ2v) is 5.39. The van der Waals surface area contributed by atoms with Crippen molar-refractivity contribution in [1.82, 2.24) is 0 Å². The van der Waals surface area contributed by atoms with Gasteiger partial charge in [-0.25, -0.2) is 0 Å². The molecule has 1 N–H and O–H groups in total. The van der Waals surface area contributed by atoms with Crippen molar-refractivity contribution in [3.8, 4) is 0 Å². The molecule has 1 aromatic carbocycles. The van der Waals surface area contributed by atoms with Gasteiger partial charge in [0.2, 0.25) is 0 Å². The Hall–Kier alpha value is -0.0500. The molecule has 2 rings (SSSR count). The van der Waals surface area contributed by atoms with Crippen LogP contribution in [0.1, 0.15) is 6.42 Å². The highest BCUT2D eigenvalue weighted by molar-refractivity contribution is 7.99. The van der Waals surface area contributed by atoms with Crippen molar-refractivity contribution in [2.75, 3.05) is 16.8 Å². The summed E-state index contributed by atoms with van der Waals surface area (Å²) >= 11 is 13.8. The summed E-state index contributed by atoms with van der Waals surface area (Å²) in [5, 5.41) is 4.80. The third kappa shape index (κ3) is 2.72. The third-order valence-corrected chi connectivity index (χ3v) is 3.76. The molecule has 1 fully saturated rings. The molecular formula is C10H11Cl2NS. The highest BCUT2D eigenvalue weighted by Gasteiger charge is 2.14. The van der Waals surface area contributed by atoms with Gasteiger partial charge >= 0.3 is 0 Å². The lowest BCUT2D eigenvalue weighted by molar-refractivity contribution is 0.813. The van der Waals surface area contributed by atoms with Crippen LogP contribution in [-0.2, 0) is 0 Å². The standard InChI is InChI=1S/C10H11Cl2NS/c11-7-3-8(12)5-10(4-7)13-9-1-2-14-6-9/h3-5,9,13H,1-2,6H2/t9-/m1/s1. The molecule has 1 aromatic rings. The van der Waals surface area contributed by atoms with Crippen molar-refractivity contribution in [1.29, 1.82) is 0 Å². The predicted octanol–water partition coefficient (Wildman–Crippen LogP) is 3.91. The minimum Gasteiger partial charge on any atom is -0.381 e. The number of anilines is 1. The molecule has 1 heterocycles. The number of halogens is 2. The number of benzene rings is 1. The van der Waals surface area contributed by atoms with Crippen molar-refractivity contribution in [2.24, 2.45) is 0 Å². The SMILES string of the molecule is Clc1cc(Cl)cc(N[C@@H]2CCSC2)c1. The van der Waals surface area contributed by atoms with Crippen LogP contribution in [0.5, 0.6) is 0 Å². The smallest absolute Gasteiger partial charge is 0.0441 e. The number of hydrogen-bond donors (Lipinski definition) is 1. The fourth-order valence-corrected chi connectivity index (χ4v) is 3.20. The van der Waals surface area contributed by atoms with Gasteiger partial charge in [0.15, 0.2) is 0 Å². The maximum Gasteiger partial charge on any atom is 0.0441 e. The zero-order valence-electron chi connectivity index (χ0n) is 7.59. The van der Waals surface area contributed by atoms with Gasteiger partial charge in [0.25, 0.3) is 0 Å². The lowest BCUT2D eigenvalue weighted by Crippen LogP contribution is -2.17. The molecule has 1 aliphatic rings. The second kappa shape index (κ2) is 4.65. The summed E-state index contributed by atoms with van der Waals surface area (Å²) in [6, 6.07) is 6.14. The van der Waals surface area contributed by atoms with Crippen molar-refractivity contribution >= 4 is 40.7 Å². The van der Waals surface area contributed by atoms with E-state index in [9.17, 15) is 0 Å². The number of hydrogen-bond acceptors (Lipinski definition) is 2. The van der Waals surface area contributed by atoms with Gasteiger partial charge in [0, 0.05) is 27.5 Å². The molecule has 1 atom stereocenters. The third-order valence-electron chi connectivity index (χ3n) is 2.16. The van der Waals surface area contributed by atoms with Crippen molar-refractivity contribution in [3.63, 3.8) is 0 Å². The quantitative estimate of drug-likeness (QED) is 0.851. The summed E-state index contributed by atoms with van der Waals surface area (Å²) in [7, 11) is 0. The molecule has 4 heteroatoms. The van der Waals surface area contributed by atoms with Gasteiger partial charge in [0.1, 0.15) is 0 Å². The normalized spacial score (nSPS) is 21.1. The first-order valence-corrected chi connectivity index (χ1v) is 6.45. The topological polar surface area (TPSA) is 12.0 Å². The second-order valence-electron chi connectivity index (χ2n) is 3.36. The van der Waals surface area contributed by atoms with E-state index in [0.29, 0.717) is 16.1 Å². The average Bonchev–Trinajstić information content (AvgIpc) is 2.54. The Bertz CT molecular complexity index is 304. The predicted molar refractivity (Wildman–Crippen MR) is 65.8 cm³/mol. The average molecular weight is 248 g/mol. The van der Waals surface area contributed by atoms with Crippen LogP contribution in [0.3, 0.4) is 0 Å². The minimum atomic E-state index is 0.564. The number of thioether (sulfide) groups is 1. The molecular weight excluding hydrogens is 237 g/mol. The molecule has 14 heavy (non-hydrogen) atoms. The highest BCUT2D eigenvalue weighted by Crippen LogP contribution is 2.26. The molecule has 1 nitrogen and oxygen atoms in total. The summed E-state index contributed by atoms with van der Waals surface area (Å²) in [5.74, 6) is 2.41. The summed E-state index contributed by atoms with van der Waals surface area (Å²) in [6.45, 7) is 0. The summed E-state index contributed by atoms with van der Waals surface area (Å²) in [6.07, 6.45) is 1.22. The highest BCUT2D eigenvalue weighted by atomic mass is 35.5. The van der Waals surface area contributed by atoms with Crippen molar-refractivity contribution < 1.29 is 0 Å². The lowest BCUT2D eigenvalue weighted by atomic mass is 10.2. The molecule has 76 valence electrons. The summed E-state index contributed by atoms with van der Waals surface area (Å²) < 4.78 is 0. The molecule has 0 amide bonds. The first kappa shape index (κ1) is 10.5. The van der Waals surface area contributed by atoms with Crippen LogP contribution in [0.25, 0.3) is 0 Å². The molecule has 0 spiro atoms. The molecule has 0 aromatic heterocycles. The molecule has 0 bridgehead atoms. The Balaban J connectivity index is 2.07. The van der Waals surface area contributed by atoms with E-state index in [4.69, 9.17) is 23.2 Å². The van der Waals surface area contributed by atoms with Crippen LogP contribution in [-0.4, -0.2) is 17.5 Å². The largest absolute Gasteiger partial charge is 0.381 e. The van der Waals surface area contributed by atoms with E-state index < -0.39 is 0 Å². The Labute approximate surface area is 98.2 Å². The van der Waals surface area contributed by atoms with Crippen LogP contribution in [0, 0.1) is 0 Å². The zero-order valence-corrected chi connectivity index (χ0v) is 9.92. The van der Waals surface area contributed by atoms with E-state index >= 15 is 0 Å². The Morgan fingerprint density at radius 2 is 1.93 bits per heavy atom. The van der Waals surface area contributed by atoms with Crippen LogP contribution < -0.4 is 5.32 Å². The Morgan fingerprint density at radius 3 is 2.50 bits per heavy atom. The van der Waals surface area contributed by atoms with Crippen molar-refractivity contribution in [2.45, 2.75) is 12.5 Å². The van der Waals surface area contributed by atoms with Gasteiger partial charge in [-0.2, -0.15) is 11.8 Å². The van der Waals surface area contributed by atoms with E-state index in [0.717, 1.165) is 5.69 Å². The van der Waals surface area contributed by atoms with E-state index in [1.54, 1.807) is 6.07 Å². The van der Waals surface area contributed by atoms with E-state index in [1.165, 1.54) is 17.9 Å². The first-order valence-electron chi connectivity index (χ1n) is 4.54. The Kier molecular flexibility index (Phi) is 3.47. The fourth-order valence-electron chi connectivity index (χ4n) is 1.52. The zero-order chi connectivity index (χ0) is 9.97. The minimum absolute atomic E-state index is 0.564. The molecule has 0 aliphatic carbocycles. The summed E-state index contributed by atoms with van der Waals surface area (Å²) in [5.41, 5.74) is 1.02. The molecule has 1 aliphatic heterocycles. The number of nitrogens with one attached hydrogen (secondary N) is 1. The van der Waals surface area contributed by atoms with Gasteiger partial charge in [-0.05, 0) is 30.4 Å². The first-order chi connectivity index (χ1) is 6.74. The molecule has 1 saturated heterocycles. The van der Waals surface area contributed by atoms with Gasteiger partial charge in [-0.3, -0.25) is 0 Å². The fraction of sp³-hybridized carbons (Fsp3) is 0.400. The van der Waals surface area contributed by atoms with Gasteiger partial charge in [0.05, 0.1) is 0 Å². The van der Waals surface area contributed by atoms with Crippen LogP contribution in [0.15, 0.2) is 18.2 Å². The van der Waals surface area contributed by atoms with Crippen LogP contribution >= 0.6 is 35.0 Å². The summed E-state index contributed by atoms with van der Waals surface area (Å²) in [4.78, 5) is 0. The van der Waals surface area contributed by atoms with Crippen LogP contribution in [0.4, 0.5) is 5.69 Å². The van der Waals surface area contributed by atoms with Gasteiger partial charge in [-0.15, -0.1) is 0 Å². The Morgan fingerprint density at radius 1 is 1.21 bits per heavy atom. The lowest BCUT2D eigenvalue weighted by Gasteiger charge is -2.13. The van der Waals surface area contributed by atoms with Crippen LogP contribution in [0.2, 0.25) is 10.0 Å². The number of rotatable bonds is 2. The van der Waals surface area contributed by atoms with E-state index in [1.807, 2.05) is 23.9 Å². The van der Waals surface area contributed by atoms with E-state index in [2.05, 4.69) is 5.32 Å². The monoisotopic (exact) mass is 247 g/mol. The van der Waals surface area contributed by atoms with Gasteiger partial charge in [-0.1, -0.05) is 23.2 Å². The maximum atomic E-state index is 5.91. The van der Waals surface area contributed by atoms with Gasteiger partial charge < -0.3 is 5.32 Å². The molecule has 0 unspecified atom stereocenters. The maximum absolute atomic E-state index is 5.91. The molecule has 0 saturated carbocycles. The molecule has 0 radical (unpaired) electrons. The van der Waals surface area contributed by atoms with E-state index in [-0.39, 0.29) is 0 Å².